The van der Waals surface area contributed by atoms with Crippen molar-refractivity contribution in [1.82, 2.24) is 0 Å². The Morgan fingerprint density at radius 1 is 0.750 bits per heavy atom. The Hall–Kier alpha value is -2.31. The minimum atomic E-state index is -5.44. The van der Waals surface area contributed by atoms with Crippen molar-refractivity contribution in [2.45, 2.75) is 210 Å². The van der Waals surface area contributed by atoms with Crippen molar-refractivity contribution < 1.29 is 78.4 Å². The van der Waals surface area contributed by atoms with Gasteiger partial charge in [0.2, 0.25) is 0 Å². The van der Waals surface area contributed by atoms with Crippen molar-refractivity contribution in [3.8, 4) is 0 Å². The van der Waals surface area contributed by atoms with Crippen LogP contribution in [0.5, 0.6) is 0 Å². The van der Waals surface area contributed by atoms with E-state index in [2.05, 4.69) is 37.3 Å². The summed E-state index contributed by atoms with van der Waals surface area (Å²) in [5.41, 5.74) is 0. The molecule has 16 nitrogen and oxygen atoms in total. The highest BCUT2D eigenvalue weighted by Gasteiger charge is 2.49. The fourth-order valence-corrected chi connectivity index (χ4v) is 8.77. The molecule has 2 aliphatic rings. The lowest BCUT2D eigenvalue weighted by Gasteiger charge is -2.37. The molecule has 17 heteroatoms. The van der Waals surface area contributed by atoms with Crippen LogP contribution in [0.1, 0.15) is 149 Å². The first-order valence-electron chi connectivity index (χ1n) is 23.7. The molecule has 1 unspecified atom stereocenters. The maximum Gasteiger partial charge on any atom is 0.472 e. The lowest BCUT2D eigenvalue weighted by molar-refractivity contribution is -0.167. The van der Waals surface area contributed by atoms with Gasteiger partial charge in [0.1, 0.15) is 31.0 Å². The van der Waals surface area contributed by atoms with Crippen molar-refractivity contribution in [1.29, 1.82) is 0 Å². The van der Waals surface area contributed by atoms with E-state index in [1.807, 2.05) is 13.0 Å². The molecular weight excluding hydrogens is 851 g/mol. The van der Waals surface area contributed by atoms with Crippen LogP contribution in [-0.4, -0.2) is 132 Å². The fraction of sp³-hybridized carbons (Fsp3) is 0.787. The first kappa shape index (κ1) is 57.8. The number of carbonyl (C=O) groups is 2. The van der Waals surface area contributed by atoms with Gasteiger partial charge < -0.3 is 55.2 Å². The van der Waals surface area contributed by atoms with Gasteiger partial charge in [-0.2, -0.15) is 0 Å². The summed E-state index contributed by atoms with van der Waals surface area (Å²) in [7, 11) is -5.44. The zero-order valence-electron chi connectivity index (χ0n) is 38.1. The van der Waals surface area contributed by atoms with Crippen LogP contribution in [0, 0.1) is 11.8 Å². The Labute approximate surface area is 380 Å². The van der Waals surface area contributed by atoms with E-state index in [0.29, 0.717) is 51.4 Å². The van der Waals surface area contributed by atoms with E-state index in [4.69, 9.17) is 18.5 Å². The topological polar surface area (TPSA) is 270 Å². The van der Waals surface area contributed by atoms with Gasteiger partial charge in [0, 0.05) is 31.1 Å². The summed E-state index contributed by atoms with van der Waals surface area (Å²) in [6.45, 7) is 2.78. The predicted molar refractivity (Wildman–Crippen MR) is 241 cm³/mol. The highest BCUT2D eigenvalue weighted by atomic mass is 31.2. The second-order valence-electron chi connectivity index (χ2n) is 17.2. The number of ether oxygens (including phenoxy) is 2. The van der Waals surface area contributed by atoms with Crippen LogP contribution in [0.4, 0.5) is 0 Å². The maximum atomic E-state index is 13.5. The number of aliphatic hydroxyl groups excluding tert-OH is 8. The molecule has 2 fully saturated rings. The van der Waals surface area contributed by atoms with Crippen LogP contribution in [0.15, 0.2) is 48.6 Å². The summed E-state index contributed by atoms with van der Waals surface area (Å²) in [6, 6.07) is 0. The highest BCUT2D eigenvalue weighted by molar-refractivity contribution is 7.47. The predicted octanol–water partition coefficient (Wildman–Crippen LogP) is 5.55. The molecule has 1 heterocycles. The van der Waals surface area contributed by atoms with E-state index in [9.17, 15) is 59.9 Å². The molecule has 2 bridgehead atoms. The molecule has 0 amide bonds. The number of phosphoric acid groups is 1. The Morgan fingerprint density at radius 3 is 2.03 bits per heavy atom. The quantitative estimate of drug-likeness (QED) is 0.0314. The van der Waals surface area contributed by atoms with Crippen LogP contribution < -0.4 is 0 Å². The van der Waals surface area contributed by atoms with Crippen LogP contribution in [-0.2, 0) is 32.7 Å². The molecule has 1 aliphatic carbocycles. The van der Waals surface area contributed by atoms with E-state index in [-0.39, 0.29) is 19.3 Å². The smallest absolute Gasteiger partial charge is 0.462 e. The van der Waals surface area contributed by atoms with Gasteiger partial charge in [-0.25, -0.2) is 4.57 Å². The van der Waals surface area contributed by atoms with Gasteiger partial charge in [-0.15, -0.1) is 0 Å². The van der Waals surface area contributed by atoms with Gasteiger partial charge in [0.25, 0.3) is 0 Å². The second kappa shape index (κ2) is 33.2. The molecule has 9 N–H and O–H groups in total. The molecule has 1 saturated heterocycles. The molecule has 1 aliphatic heterocycles. The second-order valence-corrected chi connectivity index (χ2v) is 18.6. The third-order valence-electron chi connectivity index (χ3n) is 11.7. The van der Waals surface area contributed by atoms with Gasteiger partial charge in [-0.3, -0.25) is 18.6 Å². The SMILES string of the molecule is CCCCC/C=C\C/C=C\C/C=C\CCCCC(=O)O[C@@H]1COC(=O)CCCCCC[C@@H]2[C@@H](O)[C@H](O)[C@@H](O)[C@H](OP(=O)(O)OC1)[C@H](O)[C@H](O)[C@@H](C=C[C@@H](O)CCCCC)[C@H](O)C[C@@H]2O. The fourth-order valence-electron chi connectivity index (χ4n) is 7.80. The van der Waals surface area contributed by atoms with Crippen LogP contribution >= 0.6 is 7.82 Å². The molecule has 0 radical (unpaired) electrons. The number of esters is 2. The number of unbranched alkanes of at least 4 members (excludes halogenated alkanes) is 7. The Kier molecular flexibility index (Phi) is 30.0. The number of carbonyl (C=O) groups excluding carboxylic acids is 2. The van der Waals surface area contributed by atoms with Crippen molar-refractivity contribution in [3.63, 3.8) is 0 Å². The van der Waals surface area contributed by atoms with E-state index in [1.165, 1.54) is 31.4 Å². The Bertz CT molecular complexity index is 1440. The van der Waals surface area contributed by atoms with Crippen molar-refractivity contribution in [2.24, 2.45) is 11.8 Å². The summed E-state index contributed by atoms with van der Waals surface area (Å²) in [5, 5.41) is 90.2. The normalized spacial score (nSPS) is 33.0. The first-order valence-corrected chi connectivity index (χ1v) is 25.2. The largest absolute Gasteiger partial charge is 0.472 e. The lowest BCUT2D eigenvalue weighted by atomic mass is 9.82. The number of allylic oxidation sites excluding steroid dienone is 6. The van der Waals surface area contributed by atoms with E-state index >= 15 is 0 Å². The zero-order chi connectivity index (χ0) is 47.3. The minimum absolute atomic E-state index is 0.00150. The molecule has 0 aromatic heterocycles. The molecular formula is C47H81O16P. The maximum absolute atomic E-state index is 13.5. The van der Waals surface area contributed by atoms with E-state index in [0.717, 1.165) is 38.5 Å². The number of rotatable bonds is 20. The number of phosphoric ester groups is 1. The Balaban J connectivity index is 2.23. The number of aliphatic hydroxyl groups is 8. The average Bonchev–Trinajstić information content (AvgIpc) is 3.26. The standard InChI is InChI=1S/C47H81O16P/c1-3-5-7-8-9-10-11-12-13-14-15-16-17-18-24-28-41(52)62-35-32-60-40(51)27-23-20-19-22-26-36-38(49)31-39(50)37(30-29-34(48)25-21-6-4-2)43(54)45(56)47(46(57)44(55)42(36)53)63-64(58,59)61-33-35/h9-10,12-13,15-16,29-30,34-39,42-50,53-57H,3-8,11,14,17-28,31-33H2,1-2H3,(H,58,59)/b10-9-,13-12-,16-15-,30-29?/t34-,35+,36-,37-,38-,39+,42+,43+,44-,45+,46+,47+/m0/s1. The summed E-state index contributed by atoms with van der Waals surface area (Å²) >= 11 is 0. The third kappa shape index (κ3) is 23.4. The van der Waals surface area contributed by atoms with Crippen LogP contribution in [0.3, 0.4) is 0 Å². The molecule has 64 heavy (non-hydrogen) atoms. The summed E-state index contributed by atoms with van der Waals surface area (Å²) in [5.74, 6) is -3.95. The van der Waals surface area contributed by atoms with Crippen LogP contribution in [0.25, 0.3) is 0 Å². The highest BCUT2D eigenvalue weighted by Crippen LogP contribution is 2.47. The zero-order valence-corrected chi connectivity index (χ0v) is 39.0. The monoisotopic (exact) mass is 933 g/mol. The van der Waals surface area contributed by atoms with Crippen molar-refractivity contribution in [2.75, 3.05) is 13.2 Å². The molecule has 2 rings (SSSR count). The summed E-state index contributed by atoms with van der Waals surface area (Å²) in [4.78, 5) is 36.5. The minimum Gasteiger partial charge on any atom is -0.462 e. The van der Waals surface area contributed by atoms with E-state index < -0.39 is 112 Å². The van der Waals surface area contributed by atoms with Crippen molar-refractivity contribution >= 4 is 19.8 Å². The summed E-state index contributed by atoms with van der Waals surface area (Å²) in [6.07, 6.45) is 8.88. The number of hydrogen-bond acceptors (Lipinski definition) is 15. The number of fused-ring (bicyclic) bond motifs is 4. The lowest BCUT2D eigenvalue weighted by Crippen LogP contribution is -2.55. The Morgan fingerprint density at radius 2 is 1.36 bits per heavy atom. The van der Waals surface area contributed by atoms with Gasteiger partial charge in [-0.1, -0.05) is 114 Å². The molecule has 370 valence electrons. The first-order chi connectivity index (χ1) is 30.6. The average molecular weight is 933 g/mol. The number of hydrogen-bond donors (Lipinski definition) is 9. The van der Waals surface area contributed by atoms with Crippen molar-refractivity contribution in [3.05, 3.63) is 48.6 Å². The van der Waals surface area contributed by atoms with Gasteiger partial charge in [0.15, 0.2) is 6.10 Å². The molecule has 0 spiro atoms. The van der Waals surface area contributed by atoms with E-state index in [1.54, 1.807) is 0 Å². The van der Waals surface area contributed by atoms with Gasteiger partial charge in [-0.05, 0) is 64.2 Å². The van der Waals surface area contributed by atoms with Gasteiger partial charge >= 0.3 is 19.8 Å². The number of cyclic esters (lactones) is 1. The molecule has 0 aromatic rings. The molecule has 13 atom stereocenters. The summed E-state index contributed by atoms with van der Waals surface area (Å²) < 4.78 is 34.7. The molecule has 0 aromatic carbocycles. The molecule has 1 saturated carbocycles. The van der Waals surface area contributed by atoms with Crippen LogP contribution in [0.2, 0.25) is 0 Å². The van der Waals surface area contributed by atoms with Gasteiger partial charge in [0.05, 0.1) is 37.1 Å². The third-order valence-corrected chi connectivity index (χ3v) is 12.7.